The highest BCUT2D eigenvalue weighted by Gasteiger charge is 2.29. The maximum Gasteiger partial charge on any atom is 0.339 e. The molecule has 4 nitrogen and oxygen atoms in total. The van der Waals surface area contributed by atoms with E-state index in [0.717, 1.165) is 6.07 Å². The molecule has 0 aliphatic carbocycles. The molecule has 2 rings (SSSR count). The number of thiophene rings is 1. The summed E-state index contributed by atoms with van der Waals surface area (Å²) >= 11 is 1.18. The smallest absolute Gasteiger partial charge is 0.339 e. The third-order valence-corrected chi connectivity index (χ3v) is 3.58. The predicted octanol–water partition coefficient (Wildman–Crippen LogP) is 2.80. The van der Waals surface area contributed by atoms with E-state index in [1.54, 1.807) is 17.5 Å². The van der Waals surface area contributed by atoms with Crippen LogP contribution in [0, 0.1) is 5.82 Å². The second-order valence-electron chi connectivity index (χ2n) is 3.80. The number of benzene rings is 1. The Kier molecular flexibility index (Phi) is 3.62. The van der Waals surface area contributed by atoms with Crippen molar-refractivity contribution < 1.29 is 24.2 Å². The molecule has 19 heavy (non-hydrogen) atoms. The maximum absolute atomic E-state index is 13.6. The van der Waals surface area contributed by atoms with Gasteiger partial charge >= 0.3 is 11.9 Å². The zero-order valence-electron chi connectivity index (χ0n) is 9.54. The molecule has 1 unspecified atom stereocenters. The summed E-state index contributed by atoms with van der Waals surface area (Å²) < 4.78 is 13.6. The highest BCUT2D eigenvalue weighted by Crippen LogP contribution is 2.31. The van der Waals surface area contributed by atoms with Gasteiger partial charge in [0.05, 0.1) is 5.56 Å². The number of carboxylic acids is 2. The lowest BCUT2D eigenvalue weighted by molar-refractivity contribution is -0.137. The van der Waals surface area contributed by atoms with E-state index in [1.165, 1.54) is 23.5 Å². The molecule has 2 N–H and O–H groups in total. The van der Waals surface area contributed by atoms with Crippen LogP contribution in [-0.4, -0.2) is 22.2 Å². The summed E-state index contributed by atoms with van der Waals surface area (Å²) in [5.41, 5.74) is -0.647. The topological polar surface area (TPSA) is 74.6 Å². The predicted molar refractivity (Wildman–Crippen MR) is 67.2 cm³/mol. The van der Waals surface area contributed by atoms with Crippen molar-refractivity contribution in [2.45, 2.75) is 5.92 Å². The van der Waals surface area contributed by atoms with Gasteiger partial charge in [0.25, 0.3) is 0 Å². The number of carboxylic acid groups (broad SMARTS) is 2. The molecule has 1 heterocycles. The van der Waals surface area contributed by atoms with E-state index in [-0.39, 0.29) is 5.56 Å². The van der Waals surface area contributed by atoms with Crippen LogP contribution < -0.4 is 0 Å². The quantitative estimate of drug-likeness (QED) is 0.903. The third kappa shape index (κ3) is 2.48. The van der Waals surface area contributed by atoms with Gasteiger partial charge in [0.1, 0.15) is 11.7 Å². The SMILES string of the molecule is O=C(O)c1c(F)cccc1C(C(=O)O)c1cccs1. The van der Waals surface area contributed by atoms with Crippen LogP contribution >= 0.6 is 11.3 Å². The zero-order chi connectivity index (χ0) is 14.0. The van der Waals surface area contributed by atoms with Crippen molar-refractivity contribution in [3.05, 3.63) is 57.5 Å². The van der Waals surface area contributed by atoms with Gasteiger partial charge in [-0.1, -0.05) is 18.2 Å². The average molecular weight is 280 g/mol. The van der Waals surface area contributed by atoms with Gasteiger partial charge in [-0.15, -0.1) is 11.3 Å². The van der Waals surface area contributed by atoms with Crippen LogP contribution in [-0.2, 0) is 4.79 Å². The number of hydrogen-bond acceptors (Lipinski definition) is 3. The number of aliphatic carboxylic acids is 1. The van der Waals surface area contributed by atoms with Gasteiger partial charge < -0.3 is 10.2 Å². The Hall–Kier alpha value is -2.21. The Bertz CT molecular complexity index is 622. The van der Waals surface area contributed by atoms with Gasteiger partial charge in [0, 0.05) is 4.88 Å². The molecule has 0 bridgehead atoms. The molecular weight excluding hydrogens is 271 g/mol. The molecule has 0 saturated carbocycles. The van der Waals surface area contributed by atoms with Crippen LogP contribution in [0.15, 0.2) is 35.7 Å². The van der Waals surface area contributed by atoms with E-state index in [1.807, 2.05) is 0 Å². The van der Waals surface area contributed by atoms with Gasteiger partial charge in [0.2, 0.25) is 0 Å². The lowest BCUT2D eigenvalue weighted by Crippen LogP contribution is -2.17. The second-order valence-corrected chi connectivity index (χ2v) is 4.78. The molecule has 0 aliphatic rings. The summed E-state index contributed by atoms with van der Waals surface area (Å²) in [5.74, 6) is -4.80. The van der Waals surface area contributed by atoms with Crippen molar-refractivity contribution in [2.24, 2.45) is 0 Å². The number of hydrogen-bond donors (Lipinski definition) is 2. The lowest BCUT2D eigenvalue weighted by Gasteiger charge is -2.14. The largest absolute Gasteiger partial charge is 0.481 e. The van der Waals surface area contributed by atoms with Gasteiger partial charge in [-0.2, -0.15) is 0 Å². The van der Waals surface area contributed by atoms with Gasteiger partial charge in [-0.05, 0) is 23.1 Å². The fourth-order valence-electron chi connectivity index (χ4n) is 1.87. The Morgan fingerprint density at radius 1 is 1.16 bits per heavy atom. The first-order valence-corrected chi connectivity index (χ1v) is 6.18. The lowest BCUT2D eigenvalue weighted by atomic mass is 9.92. The van der Waals surface area contributed by atoms with E-state index in [0.29, 0.717) is 4.88 Å². The first kappa shape index (κ1) is 13.2. The molecule has 0 fully saturated rings. The molecule has 0 aliphatic heterocycles. The highest BCUT2D eigenvalue weighted by molar-refractivity contribution is 7.10. The van der Waals surface area contributed by atoms with Crippen molar-refractivity contribution in [1.82, 2.24) is 0 Å². The summed E-state index contributed by atoms with van der Waals surface area (Å²) in [4.78, 5) is 22.9. The molecule has 0 radical (unpaired) electrons. The first-order valence-electron chi connectivity index (χ1n) is 5.30. The summed E-state index contributed by atoms with van der Waals surface area (Å²) in [6.07, 6.45) is 0. The summed E-state index contributed by atoms with van der Waals surface area (Å²) in [6, 6.07) is 6.88. The van der Waals surface area contributed by atoms with Crippen molar-refractivity contribution in [3.63, 3.8) is 0 Å². The van der Waals surface area contributed by atoms with E-state index < -0.39 is 29.2 Å². The van der Waals surface area contributed by atoms with Crippen molar-refractivity contribution >= 4 is 23.3 Å². The Morgan fingerprint density at radius 3 is 2.42 bits per heavy atom. The molecular formula is C13H9FO4S. The van der Waals surface area contributed by atoms with E-state index in [2.05, 4.69) is 0 Å². The Balaban J connectivity index is 2.64. The molecule has 1 atom stereocenters. The summed E-state index contributed by atoms with van der Waals surface area (Å²) in [6.45, 7) is 0. The fraction of sp³-hybridized carbons (Fsp3) is 0.0769. The van der Waals surface area contributed by atoms with Crippen LogP contribution in [0.2, 0.25) is 0 Å². The second kappa shape index (κ2) is 5.19. The number of rotatable bonds is 4. The minimum Gasteiger partial charge on any atom is -0.481 e. The molecule has 2 aromatic rings. The van der Waals surface area contributed by atoms with Gasteiger partial charge in [0.15, 0.2) is 0 Å². The number of aromatic carboxylic acids is 1. The van der Waals surface area contributed by atoms with E-state index >= 15 is 0 Å². The van der Waals surface area contributed by atoms with Crippen LogP contribution in [0.4, 0.5) is 4.39 Å². The molecule has 0 saturated heterocycles. The normalized spacial score (nSPS) is 12.1. The van der Waals surface area contributed by atoms with Crippen LogP contribution in [0.25, 0.3) is 0 Å². The van der Waals surface area contributed by atoms with Crippen LogP contribution in [0.1, 0.15) is 26.7 Å². The minimum absolute atomic E-state index is 0.0533. The average Bonchev–Trinajstić information content (AvgIpc) is 2.81. The van der Waals surface area contributed by atoms with Crippen LogP contribution in [0.3, 0.4) is 0 Å². The van der Waals surface area contributed by atoms with Gasteiger partial charge in [-0.3, -0.25) is 4.79 Å². The molecule has 1 aromatic carbocycles. The van der Waals surface area contributed by atoms with Crippen LogP contribution in [0.5, 0.6) is 0 Å². The first-order chi connectivity index (χ1) is 9.02. The van der Waals surface area contributed by atoms with Crippen molar-refractivity contribution in [3.8, 4) is 0 Å². The van der Waals surface area contributed by atoms with Crippen molar-refractivity contribution in [1.29, 1.82) is 0 Å². The molecule has 0 spiro atoms. The molecule has 98 valence electrons. The third-order valence-electron chi connectivity index (χ3n) is 2.65. The summed E-state index contributed by atoms with van der Waals surface area (Å²) in [7, 11) is 0. The van der Waals surface area contributed by atoms with E-state index in [9.17, 15) is 19.1 Å². The highest BCUT2D eigenvalue weighted by atomic mass is 32.1. The zero-order valence-corrected chi connectivity index (χ0v) is 10.4. The minimum atomic E-state index is -1.48. The number of halogens is 1. The van der Waals surface area contributed by atoms with Gasteiger partial charge in [-0.25, -0.2) is 9.18 Å². The number of carbonyl (C=O) groups is 2. The monoisotopic (exact) mass is 280 g/mol. The molecule has 0 amide bonds. The van der Waals surface area contributed by atoms with E-state index in [4.69, 9.17) is 5.11 Å². The van der Waals surface area contributed by atoms with Crippen molar-refractivity contribution in [2.75, 3.05) is 0 Å². The standard InChI is InChI=1S/C13H9FO4S/c14-8-4-1-3-7(10(8)12(15)16)11(13(17)18)9-5-2-6-19-9/h1-6,11H,(H,15,16)(H,17,18). The maximum atomic E-state index is 13.6. The Morgan fingerprint density at radius 2 is 1.89 bits per heavy atom. The summed E-state index contributed by atoms with van der Waals surface area (Å²) in [5, 5.41) is 20.0. The molecule has 6 heteroatoms. The Labute approximate surface area is 111 Å². The fourth-order valence-corrected chi connectivity index (χ4v) is 2.71. The molecule has 1 aromatic heterocycles.